The van der Waals surface area contributed by atoms with E-state index >= 15 is 0 Å². The average molecular weight is 365 g/mol. The van der Waals surface area contributed by atoms with Crippen molar-refractivity contribution in [3.8, 4) is 0 Å². The number of fused-ring (bicyclic) bond motifs is 1. The molecule has 1 saturated heterocycles. The molecule has 2 atom stereocenters. The van der Waals surface area contributed by atoms with Crippen molar-refractivity contribution < 1.29 is 9.90 Å². The number of carbonyl (C=O) groups is 1. The summed E-state index contributed by atoms with van der Waals surface area (Å²) in [7, 11) is 0. The van der Waals surface area contributed by atoms with Crippen LogP contribution >= 0.6 is 0 Å². The van der Waals surface area contributed by atoms with Crippen molar-refractivity contribution in [2.24, 2.45) is 0 Å². The number of aliphatic hydroxyl groups excluding tert-OH is 1. The van der Waals surface area contributed by atoms with Crippen molar-refractivity contribution in [2.45, 2.75) is 38.7 Å². The molecule has 0 saturated carbocycles. The molecule has 0 unspecified atom stereocenters. The Morgan fingerprint density at radius 3 is 2.74 bits per heavy atom. The van der Waals surface area contributed by atoms with E-state index < -0.39 is 6.10 Å². The number of amides is 1. The molecule has 0 spiro atoms. The van der Waals surface area contributed by atoms with Gasteiger partial charge in [-0.15, -0.1) is 5.10 Å². The van der Waals surface area contributed by atoms with Gasteiger partial charge in [-0.25, -0.2) is 9.50 Å². The summed E-state index contributed by atoms with van der Waals surface area (Å²) in [5, 5.41) is 15.0. The Balaban J connectivity index is 1.44. The molecule has 0 radical (unpaired) electrons. The van der Waals surface area contributed by atoms with Gasteiger partial charge in [0.1, 0.15) is 0 Å². The van der Waals surface area contributed by atoms with Gasteiger partial charge < -0.3 is 10.0 Å². The van der Waals surface area contributed by atoms with Crippen molar-refractivity contribution in [2.75, 3.05) is 13.1 Å². The summed E-state index contributed by atoms with van der Waals surface area (Å²) < 4.78 is 1.66. The first kappa shape index (κ1) is 17.6. The fourth-order valence-electron chi connectivity index (χ4n) is 3.78. The molecule has 3 aromatic rings. The highest BCUT2D eigenvalue weighted by atomic mass is 16.3. The number of β-amino-alcohol motifs (C(OH)–C–C–N with tert-alkyl or cyclic N) is 1. The molecular formula is C20H23N5O2. The molecule has 1 aromatic carbocycles. The highest BCUT2D eigenvalue weighted by molar-refractivity contribution is 5.78. The van der Waals surface area contributed by atoms with Crippen molar-refractivity contribution in [3.63, 3.8) is 0 Å². The molecule has 7 heteroatoms. The summed E-state index contributed by atoms with van der Waals surface area (Å²) in [5.74, 6) is 0.975. The zero-order valence-electron chi connectivity index (χ0n) is 15.5. The first-order valence-corrected chi connectivity index (χ1v) is 9.22. The number of nitrogens with zero attached hydrogens (tertiary/aromatic N) is 5. The third kappa shape index (κ3) is 3.55. The number of likely N-dealkylation sites (tertiary alicyclic amines) is 1. The van der Waals surface area contributed by atoms with E-state index in [4.69, 9.17) is 0 Å². The normalized spacial score (nSPS) is 20.2. The number of rotatable bonds is 3. The molecular weight excluding hydrogens is 342 g/mol. The minimum atomic E-state index is -0.564. The Hall–Kier alpha value is -2.80. The molecule has 4 rings (SSSR count). The molecule has 27 heavy (non-hydrogen) atoms. The summed E-state index contributed by atoms with van der Waals surface area (Å²) in [5.41, 5.74) is 2.93. The van der Waals surface area contributed by atoms with Gasteiger partial charge in [-0.1, -0.05) is 30.3 Å². The van der Waals surface area contributed by atoms with Crippen LogP contribution in [-0.2, 0) is 11.2 Å². The maximum atomic E-state index is 12.7. The quantitative estimate of drug-likeness (QED) is 0.763. The summed E-state index contributed by atoms with van der Waals surface area (Å²) >= 11 is 0. The molecule has 1 aliphatic rings. The Morgan fingerprint density at radius 2 is 2.00 bits per heavy atom. The number of piperidine rings is 1. The second-order valence-corrected chi connectivity index (χ2v) is 7.17. The van der Waals surface area contributed by atoms with Crippen LogP contribution in [0.1, 0.15) is 35.1 Å². The van der Waals surface area contributed by atoms with Crippen LogP contribution in [0.4, 0.5) is 0 Å². The lowest BCUT2D eigenvalue weighted by Crippen LogP contribution is -2.46. The van der Waals surface area contributed by atoms with Gasteiger partial charge in [-0.05, 0) is 31.9 Å². The number of hydrogen-bond acceptors (Lipinski definition) is 5. The monoisotopic (exact) mass is 365 g/mol. The SMILES string of the molecule is Cc1cc(C)n2nc(CC(=O)N3CC[C@@H](c4ccccc4)[C@H](O)C3)nc2n1. The average Bonchev–Trinajstić information content (AvgIpc) is 3.05. The number of carbonyl (C=O) groups excluding carboxylic acids is 1. The second kappa shape index (κ2) is 7.08. The summed E-state index contributed by atoms with van der Waals surface area (Å²) in [6.45, 7) is 4.80. The van der Waals surface area contributed by atoms with Gasteiger partial charge in [-0.2, -0.15) is 4.98 Å². The fraction of sp³-hybridized carbons (Fsp3) is 0.400. The fourth-order valence-corrected chi connectivity index (χ4v) is 3.78. The Labute approximate surface area is 157 Å². The van der Waals surface area contributed by atoms with E-state index in [-0.39, 0.29) is 18.2 Å². The molecule has 1 aliphatic heterocycles. The van der Waals surface area contributed by atoms with Crippen LogP contribution in [0.15, 0.2) is 36.4 Å². The van der Waals surface area contributed by atoms with Crippen LogP contribution in [0.2, 0.25) is 0 Å². The second-order valence-electron chi connectivity index (χ2n) is 7.17. The highest BCUT2D eigenvalue weighted by Crippen LogP contribution is 2.28. The van der Waals surface area contributed by atoms with Crippen molar-refractivity contribution in [1.82, 2.24) is 24.5 Å². The molecule has 1 amide bonds. The maximum absolute atomic E-state index is 12.7. The van der Waals surface area contributed by atoms with Crippen LogP contribution in [-0.4, -0.2) is 54.7 Å². The number of aryl methyl sites for hydroxylation is 2. The van der Waals surface area contributed by atoms with E-state index in [0.29, 0.717) is 24.7 Å². The minimum Gasteiger partial charge on any atom is -0.391 e. The summed E-state index contributed by atoms with van der Waals surface area (Å²) in [6, 6.07) is 11.9. The molecule has 0 bridgehead atoms. The third-order valence-electron chi connectivity index (χ3n) is 5.13. The first-order valence-electron chi connectivity index (χ1n) is 9.22. The first-order chi connectivity index (χ1) is 13.0. The van der Waals surface area contributed by atoms with Gasteiger partial charge in [-0.3, -0.25) is 4.79 Å². The number of hydrogen-bond donors (Lipinski definition) is 1. The summed E-state index contributed by atoms with van der Waals surface area (Å²) in [6.07, 6.45) is 0.297. The zero-order chi connectivity index (χ0) is 19.0. The molecule has 1 N–H and O–H groups in total. The molecule has 3 heterocycles. The van der Waals surface area contributed by atoms with Crippen molar-refractivity contribution >= 4 is 11.7 Å². The lowest BCUT2D eigenvalue weighted by atomic mass is 9.87. The van der Waals surface area contributed by atoms with E-state index in [2.05, 4.69) is 15.1 Å². The molecule has 7 nitrogen and oxygen atoms in total. The molecule has 1 fully saturated rings. The predicted molar refractivity (Wildman–Crippen MR) is 100 cm³/mol. The van der Waals surface area contributed by atoms with Crippen LogP contribution in [0.5, 0.6) is 0 Å². The van der Waals surface area contributed by atoms with Crippen LogP contribution < -0.4 is 0 Å². The van der Waals surface area contributed by atoms with Gasteiger partial charge in [0.25, 0.3) is 5.78 Å². The molecule has 140 valence electrons. The highest BCUT2D eigenvalue weighted by Gasteiger charge is 2.31. The molecule has 2 aromatic heterocycles. The zero-order valence-corrected chi connectivity index (χ0v) is 15.5. The van der Waals surface area contributed by atoms with Crippen molar-refractivity contribution in [1.29, 1.82) is 0 Å². The predicted octanol–water partition coefficient (Wildman–Crippen LogP) is 1.66. The van der Waals surface area contributed by atoms with Gasteiger partial charge in [0.05, 0.1) is 12.5 Å². The largest absolute Gasteiger partial charge is 0.391 e. The third-order valence-corrected chi connectivity index (χ3v) is 5.13. The van der Waals surface area contributed by atoms with Gasteiger partial charge in [0.15, 0.2) is 5.82 Å². The molecule has 0 aliphatic carbocycles. The Morgan fingerprint density at radius 1 is 1.22 bits per heavy atom. The van der Waals surface area contributed by atoms with Crippen LogP contribution in [0.25, 0.3) is 5.78 Å². The standard InChI is InChI=1S/C20H23N5O2/c1-13-10-14(2)25-20(21-13)22-18(23-25)11-19(27)24-9-8-16(17(26)12-24)15-6-4-3-5-7-15/h3-7,10,16-17,26H,8-9,11-12H2,1-2H3/t16-,17+/m0/s1. The van der Waals surface area contributed by atoms with E-state index in [9.17, 15) is 9.90 Å². The Kier molecular flexibility index (Phi) is 4.61. The van der Waals surface area contributed by atoms with E-state index in [1.54, 1.807) is 9.42 Å². The maximum Gasteiger partial charge on any atom is 0.252 e. The van der Waals surface area contributed by atoms with E-state index in [1.165, 1.54) is 0 Å². The topological polar surface area (TPSA) is 83.6 Å². The summed E-state index contributed by atoms with van der Waals surface area (Å²) in [4.78, 5) is 23.1. The number of benzene rings is 1. The van der Waals surface area contributed by atoms with E-state index in [1.807, 2.05) is 50.2 Å². The number of aromatic nitrogens is 4. The Bertz CT molecular complexity index is 969. The van der Waals surface area contributed by atoms with Gasteiger partial charge in [0, 0.05) is 30.4 Å². The van der Waals surface area contributed by atoms with Crippen molar-refractivity contribution in [3.05, 3.63) is 59.2 Å². The lowest BCUT2D eigenvalue weighted by molar-refractivity contribution is -0.134. The minimum absolute atomic E-state index is 0.0640. The smallest absolute Gasteiger partial charge is 0.252 e. The van der Waals surface area contributed by atoms with Crippen LogP contribution in [0.3, 0.4) is 0 Å². The number of aliphatic hydroxyl groups is 1. The van der Waals surface area contributed by atoms with Crippen LogP contribution in [0, 0.1) is 13.8 Å². The van der Waals surface area contributed by atoms with Gasteiger partial charge in [0.2, 0.25) is 5.91 Å². The van der Waals surface area contributed by atoms with Gasteiger partial charge >= 0.3 is 0 Å². The van der Waals surface area contributed by atoms with E-state index in [0.717, 1.165) is 23.4 Å². The lowest BCUT2D eigenvalue weighted by Gasteiger charge is -2.36.